The molecule has 0 unspecified atom stereocenters. The highest BCUT2D eigenvalue weighted by molar-refractivity contribution is 7.88. The molecule has 0 amide bonds. The van der Waals surface area contributed by atoms with Crippen molar-refractivity contribution in [1.82, 2.24) is 4.31 Å². The Morgan fingerprint density at radius 1 is 1.06 bits per heavy atom. The molecule has 3 nitrogen and oxygen atoms in total. The van der Waals surface area contributed by atoms with E-state index in [1.807, 2.05) is 0 Å². The molecule has 0 radical (unpaired) electrons. The number of piperidine rings is 1. The summed E-state index contributed by atoms with van der Waals surface area (Å²) in [5.74, 6) is 0.501. The quantitative estimate of drug-likeness (QED) is 0.825. The number of benzene rings is 1. The van der Waals surface area contributed by atoms with Crippen molar-refractivity contribution in [3.8, 4) is 0 Å². The second-order valence-electron chi connectivity index (χ2n) is 5.36. The first-order valence-corrected chi connectivity index (χ1v) is 8.24. The van der Waals surface area contributed by atoms with E-state index in [1.165, 1.54) is 22.9 Å². The molecule has 0 bridgehead atoms. The van der Waals surface area contributed by atoms with E-state index in [0.717, 1.165) is 12.8 Å². The van der Waals surface area contributed by atoms with Crippen LogP contribution < -0.4 is 0 Å². The summed E-state index contributed by atoms with van der Waals surface area (Å²) in [5, 5.41) is 0. The highest BCUT2D eigenvalue weighted by atomic mass is 32.2. The predicted octanol–water partition coefficient (Wildman–Crippen LogP) is 2.44. The van der Waals surface area contributed by atoms with Crippen LogP contribution in [0, 0.1) is 13.8 Å². The minimum atomic E-state index is -3.01. The van der Waals surface area contributed by atoms with Crippen molar-refractivity contribution >= 4 is 10.0 Å². The fourth-order valence-corrected chi connectivity index (χ4v) is 3.64. The maximum absolute atomic E-state index is 11.5. The molecule has 1 heterocycles. The summed E-state index contributed by atoms with van der Waals surface area (Å²) in [6.07, 6.45) is 3.15. The lowest BCUT2D eigenvalue weighted by Gasteiger charge is -2.30. The van der Waals surface area contributed by atoms with Crippen molar-refractivity contribution in [3.05, 3.63) is 34.9 Å². The van der Waals surface area contributed by atoms with Crippen molar-refractivity contribution in [3.63, 3.8) is 0 Å². The van der Waals surface area contributed by atoms with Gasteiger partial charge in [-0.2, -0.15) is 0 Å². The standard InChI is InChI=1S/C14H21NO2S/c1-11-8-12(2)10-14(9-11)13-4-6-15(7-5-13)18(3,16)17/h8-10,13H,4-7H2,1-3H3. The van der Waals surface area contributed by atoms with Gasteiger partial charge in [0.05, 0.1) is 6.26 Å². The number of hydrogen-bond donors (Lipinski definition) is 0. The largest absolute Gasteiger partial charge is 0.213 e. The van der Waals surface area contributed by atoms with Gasteiger partial charge in [-0.05, 0) is 38.2 Å². The summed E-state index contributed by atoms with van der Waals surface area (Å²) in [7, 11) is -3.01. The van der Waals surface area contributed by atoms with Gasteiger partial charge in [-0.15, -0.1) is 0 Å². The van der Waals surface area contributed by atoms with Gasteiger partial charge in [0.25, 0.3) is 0 Å². The minimum Gasteiger partial charge on any atom is -0.213 e. The molecule has 1 fully saturated rings. The maximum Gasteiger partial charge on any atom is 0.211 e. The van der Waals surface area contributed by atoms with Gasteiger partial charge in [0.1, 0.15) is 0 Å². The Morgan fingerprint density at radius 3 is 2.00 bits per heavy atom. The third kappa shape index (κ3) is 3.12. The lowest BCUT2D eigenvalue weighted by molar-refractivity contribution is 0.321. The van der Waals surface area contributed by atoms with Crippen LogP contribution in [0.15, 0.2) is 18.2 Å². The fourth-order valence-electron chi connectivity index (χ4n) is 2.77. The van der Waals surface area contributed by atoms with Crippen LogP contribution in [-0.4, -0.2) is 32.1 Å². The molecule has 1 saturated heterocycles. The molecule has 2 rings (SSSR count). The number of aryl methyl sites for hydroxylation is 2. The van der Waals surface area contributed by atoms with Gasteiger partial charge in [-0.1, -0.05) is 29.3 Å². The van der Waals surface area contributed by atoms with Crippen molar-refractivity contribution in [2.24, 2.45) is 0 Å². The molecule has 0 N–H and O–H groups in total. The molecule has 0 spiro atoms. The topological polar surface area (TPSA) is 37.4 Å². The molecule has 1 aromatic carbocycles. The van der Waals surface area contributed by atoms with Gasteiger partial charge in [0.15, 0.2) is 0 Å². The molecule has 0 aliphatic carbocycles. The van der Waals surface area contributed by atoms with Gasteiger partial charge < -0.3 is 0 Å². The van der Waals surface area contributed by atoms with Crippen molar-refractivity contribution < 1.29 is 8.42 Å². The number of rotatable bonds is 2. The Morgan fingerprint density at radius 2 is 1.56 bits per heavy atom. The highest BCUT2D eigenvalue weighted by Gasteiger charge is 2.25. The molecule has 1 aromatic rings. The van der Waals surface area contributed by atoms with Crippen LogP contribution in [0.2, 0.25) is 0 Å². The molecule has 0 atom stereocenters. The summed E-state index contributed by atoms with van der Waals surface area (Å²) >= 11 is 0. The van der Waals surface area contributed by atoms with Crippen LogP contribution >= 0.6 is 0 Å². The third-order valence-electron chi connectivity index (χ3n) is 3.64. The zero-order valence-corrected chi connectivity index (χ0v) is 12.1. The fraction of sp³-hybridized carbons (Fsp3) is 0.571. The summed E-state index contributed by atoms with van der Waals surface area (Å²) < 4.78 is 24.5. The van der Waals surface area contributed by atoms with E-state index in [4.69, 9.17) is 0 Å². The van der Waals surface area contributed by atoms with Crippen LogP contribution in [0.1, 0.15) is 35.4 Å². The van der Waals surface area contributed by atoms with Crippen molar-refractivity contribution in [2.75, 3.05) is 19.3 Å². The van der Waals surface area contributed by atoms with Crippen LogP contribution in [0.5, 0.6) is 0 Å². The smallest absolute Gasteiger partial charge is 0.211 e. The van der Waals surface area contributed by atoms with E-state index in [2.05, 4.69) is 32.0 Å². The summed E-state index contributed by atoms with van der Waals surface area (Å²) in [6.45, 7) is 5.53. The normalized spacial score (nSPS) is 19.1. The molecule has 100 valence electrons. The van der Waals surface area contributed by atoms with Gasteiger partial charge in [0.2, 0.25) is 10.0 Å². The monoisotopic (exact) mass is 267 g/mol. The minimum absolute atomic E-state index is 0.501. The molecule has 18 heavy (non-hydrogen) atoms. The molecule has 1 aliphatic heterocycles. The van der Waals surface area contributed by atoms with E-state index in [-0.39, 0.29) is 0 Å². The Hall–Kier alpha value is -0.870. The number of hydrogen-bond acceptors (Lipinski definition) is 2. The van der Waals surface area contributed by atoms with E-state index in [9.17, 15) is 8.42 Å². The number of sulfonamides is 1. The van der Waals surface area contributed by atoms with Crippen LogP contribution in [-0.2, 0) is 10.0 Å². The lowest BCUT2D eigenvalue weighted by Crippen LogP contribution is -2.37. The van der Waals surface area contributed by atoms with Crippen molar-refractivity contribution in [2.45, 2.75) is 32.6 Å². The zero-order valence-electron chi connectivity index (χ0n) is 11.3. The average Bonchev–Trinajstić information content (AvgIpc) is 2.27. The lowest BCUT2D eigenvalue weighted by atomic mass is 9.88. The maximum atomic E-state index is 11.5. The first-order chi connectivity index (χ1) is 8.36. The van der Waals surface area contributed by atoms with Gasteiger partial charge in [-0.3, -0.25) is 0 Å². The van der Waals surface area contributed by atoms with Crippen molar-refractivity contribution in [1.29, 1.82) is 0 Å². The van der Waals surface area contributed by atoms with Crippen LogP contribution in [0.3, 0.4) is 0 Å². The summed E-state index contributed by atoms with van der Waals surface area (Å²) in [6, 6.07) is 6.64. The summed E-state index contributed by atoms with van der Waals surface area (Å²) in [4.78, 5) is 0. The van der Waals surface area contributed by atoms with Gasteiger partial charge in [0, 0.05) is 13.1 Å². The number of nitrogens with zero attached hydrogens (tertiary/aromatic N) is 1. The second-order valence-corrected chi connectivity index (χ2v) is 7.34. The van der Waals surface area contributed by atoms with Gasteiger partial charge >= 0.3 is 0 Å². The summed E-state index contributed by atoms with van der Waals surface area (Å²) in [5.41, 5.74) is 3.94. The molecule has 0 aromatic heterocycles. The average molecular weight is 267 g/mol. The van der Waals surface area contributed by atoms with Gasteiger partial charge in [-0.25, -0.2) is 12.7 Å². The highest BCUT2D eigenvalue weighted by Crippen LogP contribution is 2.30. The second kappa shape index (κ2) is 5.02. The molecule has 4 heteroatoms. The van der Waals surface area contributed by atoms with E-state index in [1.54, 1.807) is 4.31 Å². The first-order valence-electron chi connectivity index (χ1n) is 6.39. The van der Waals surface area contributed by atoms with Crippen LogP contribution in [0.4, 0.5) is 0 Å². The Bertz CT molecular complexity index is 508. The molecule has 0 saturated carbocycles. The van der Waals surface area contributed by atoms with E-state index >= 15 is 0 Å². The Balaban J connectivity index is 2.10. The van der Waals surface area contributed by atoms with Crippen LogP contribution in [0.25, 0.3) is 0 Å². The molecular weight excluding hydrogens is 246 g/mol. The Kier molecular flexibility index (Phi) is 3.78. The molecule has 1 aliphatic rings. The first kappa shape index (κ1) is 13.6. The predicted molar refractivity (Wildman–Crippen MR) is 74.3 cm³/mol. The third-order valence-corrected chi connectivity index (χ3v) is 4.94. The van der Waals surface area contributed by atoms with E-state index in [0.29, 0.717) is 19.0 Å². The Labute approximate surface area is 110 Å². The SMILES string of the molecule is Cc1cc(C)cc(C2CCN(S(C)(=O)=O)CC2)c1. The van der Waals surface area contributed by atoms with E-state index < -0.39 is 10.0 Å². The molecular formula is C14H21NO2S. The zero-order chi connectivity index (χ0) is 13.3.